The summed E-state index contributed by atoms with van der Waals surface area (Å²) in [6.45, 7) is 1.83. The summed E-state index contributed by atoms with van der Waals surface area (Å²) in [5, 5.41) is 10.5. The molecule has 0 unspecified atom stereocenters. The van der Waals surface area contributed by atoms with Gasteiger partial charge >= 0.3 is 5.82 Å². The molecule has 1 N–H and O–H groups in total. The number of nitrogens with zero attached hydrogens (tertiary/aromatic N) is 2. The van der Waals surface area contributed by atoms with Gasteiger partial charge in [0.2, 0.25) is 0 Å². The molecule has 7 nitrogen and oxygen atoms in total. The summed E-state index contributed by atoms with van der Waals surface area (Å²) in [5.74, 6) is -0.411. The summed E-state index contributed by atoms with van der Waals surface area (Å²) in [6.07, 6.45) is 0.949. The van der Waals surface area contributed by atoms with Gasteiger partial charge in [0.1, 0.15) is 4.90 Å². The van der Waals surface area contributed by atoms with Crippen molar-refractivity contribution >= 4 is 37.5 Å². The van der Waals surface area contributed by atoms with E-state index in [1.54, 1.807) is 12.1 Å². The number of halogens is 1. The van der Waals surface area contributed by atoms with E-state index < -0.39 is 20.8 Å². The number of benzene rings is 1. The molecule has 0 spiro atoms. The fourth-order valence-electron chi connectivity index (χ4n) is 1.57. The lowest BCUT2D eigenvalue weighted by molar-refractivity contribution is -0.389. The molecule has 110 valence electrons. The largest absolute Gasteiger partial charge is 0.363 e. The molecule has 1 aromatic heterocycles. The van der Waals surface area contributed by atoms with Crippen LogP contribution in [0.15, 0.2) is 45.9 Å². The number of pyridine rings is 1. The highest BCUT2D eigenvalue weighted by molar-refractivity contribution is 9.10. The Morgan fingerprint density at radius 3 is 2.57 bits per heavy atom. The van der Waals surface area contributed by atoms with Crippen molar-refractivity contribution in [2.24, 2.45) is 0 Å². The van der Waals surface area contributed by atoms with Gasteiger partial charge in [-0.2, -0.15) is 0 Å². The predicted molar refractivity (Wildman–Crippen MR) is 80.6 cm³/mol. The molecule has 1 aromatic carbocycles. The Morgan fingerprint density at radius 2 is 2.00 bits per heavy atom. The molecular weight excluding hydrogens is 362 g/mol. The summed E-state index contributed by atoms with van der Waals surface area (Å²) in [4.78, 5) is 13.2. The van der Waals surface area contributed by atoms with Crippen molar-refractivity contribution in [2.45, 2.75) is 11.8 Å². The zero-order chi connectivity index (χ0) is 15.6. The van der Waals surface area contributed by atoms with Crippen LogP contribution in [0.4, 0.5) is 11.5 Å². The average Bonchev–Trinajstić information content (AvgIpc) is 2.44. The van der Waals surface area contributed by atoms with E-state index in [0.29, 0.717) is 10.2 Å². The minimum Gasteiger partial charge on any atom is -0.358 e. The first-order valence-corrected chi connectivity index (χ1v) is 7.97. The summed E-state index contributed by atoms with van der Waals surface area (Å²) < 4.78 is 27.4. The second-order valence-electron chi connectivity index (χ2n) is 4.15. The van der Waals surface area contributed by atoms with Crippen molar-refractivity contribution in [3.8, 4) is 0 Å². The molecule has 1 heterocycles. The number of anilines is 1. The van der Waals surface area contributed by atoms with E-state index in [-0.39, 0.29) is 4.90 Å². The minimum absolute atomic E-state index is 0.151. The van der Waals surface area contributed by atoms with Crippen LogP contribution in [-0.4, -0.2) is 18.3 Å². The van der Waals surface area contributed by atoms with Gasteiger partial charge in [-0.25, -0.2) is 8.42 Å². The highest BCUT2D eigenvalue weighted by atomic mass is 79.9. The Labute approximate surface area is 129 Å². The van der Waals surface area contributed by atoms with E-state index in [2.05, 4.69) is 25.6 Å². The van der Waals surface area contributed by atoms with Crippen LogP contribution < -0.4 is 4.72 Å². The number of aryl methyl sites for hydroxylation is 1. The lowest BCUT2D eigenvalue weighted by Gasteiger charge is -2.10. The molecule has 0 radical (unpaired) electrons. The molecular formula is C12H10BrN3O4S. The molecule has 0 aliphatic rings. The minimum atomic E-state index is -3.86. The van der Waals surface area contributed by atoms with Gasteiger partial charge in [-0.05, 0) is 50.5 Å². The van der Waals surface area contributed by atoms with Gasteiger partial charge in [-0.3, -0.25) is 4.72 Å². The maximum Gasteiger partial charge on any atom is 0.363 e. The van der Waals surface area contributed by atoms with Gasteiger partial charge < -0.3 is 10.1 Å². The Bertz CT molecular complexity index is 791. The fraction of sp³-hybridized carbons (Fsp3) is 0.0833. The molecule has 0 bridgehead atoms. The van der Waals surface area contributed by atoms with Gasteiger partial charge in [0.05, 0.1) is 5.69 Å². The van der Waals surface area contributed by atoms with Crippen LogP contribution in [0.3, 0.4) is 0 Å². The molecule has 0 amide bonds. The topological polar surface area (TPSA) is 102 Å². The summed E-state index contributed by atoms with van der Waals surface area (Å²) in [5.41, 5.74) is 1.25. The monoisotopic (exact) mass is 371 g/mol. The molecule has 0 saturated carbocycles. The molecule has 21 heavy (non-hydrogen) atoms. The van der Waals surface area contributed by atoms with E-state index in [0.717, 1.165) is 23.9 Å². The van der Waals surface area contributed by atoms with Crippen LogP contribution in [0.25, 0.3) is 0 Å². The highest BCUT2D eigenvalue weighted by Gasteiger charge is 2.19. The van der Waals surface area contributed by atoms with Crippen molar-refractivity contribution in [1.82, 2.24) is 4.98 Å². The van der Waals surface area contributed by atoms with Crippen LogP contribution in [0.5, 0.6) is 0 Å². The smallest absolute Gasteiger partial charge is 0.358 e. The van der Waals surface area contributed by atoms with Crippen LogP contribution in [0.1, 0.15) is 5.56 Å². The Hall–Kier alpha value is -2.00. The Morgan fingerprint density at radius 1 is 1.29 bits per heavy atom. The predicted octanol–water partition coefficient (Wildman–Crippen LogP) is 2.86. The highest BCUT2D eigenvalue weighted by Crippen LogP contribution is 2.28. The number of nitrogens with one attached hydrogen (secondary N) is 1. The zero-order valence-electron chi connectivity index (χ0n) is 10.8. The number of nitro groups is 1. The van der Waals surface area contributed by atoms with E-state index in [1.165, 1.54) is 0 Å². The molecule has 2 rings (SSSR count). The first-order chi connectivity index (χ1) is 9.81. The molecule has 0 aliphatic heterocycles. The number of hydrogen-bond acceptors (Lipinski definition) is 5. The standard InChI is InChI=1S/C12H10BrN3O4S/c1-8-3-2-4-10(12(8)13)15-21(19,20)9-5-6-11(14-7-9)16(17)18/h2-7,15H,1H3. The molecule has 9 heteroatoms. The molecule has 0 aliphatic carbocycles. The third-order valence-corrected chi connectivity index (χ3v) is 5.06. The molecule has 0 fully saturated rings. The number of aromatic nitrogens is 1. The van der Waals surface area contributed by atoms with Crippen molar-refractivity contribution in [3.63, 3.8) is 0 Å². The van der Waals surface area contributed by atoms with Crippen LogP contribution in [-0.2, 0) is 10.0 Å². The van der Waals surface area contributed by atoms with Crippen LogP contribution >= 0.6 is 15.9 Å². The quantitative estimate of drug-likeness (QED) is 0.657. The van der Waals surface area contributed by atoms with Gasteiger partial charge in [0.25, 0.3) is 10.0 Å². The van der Waals surface area contributed by atoms with E-state index >= 15 is 0 Å². The van der Waals surface area contributed by atoms with E-state index in [4.69, 9.17) is 0 Å². The summed E-state index contributed by atoms with van der Waals surface area (Å²) in [6, 6.07) is 7.33. The molecule has 2 aromatic rings. The van der Waals surface area contributed by atoms with Gasteiger partial charge in [0, 0.05) is 10.5 Å². The maximum absolute atomic E-state index is 12.2. The Balaban J connectivity index is 2.34. The van der Waals surface area contributed by atoms with Crippen molar-refractivity contribution in [1.29, 1.82) is 0 Å². The summed E-state index contributed by atoms with van der Waals surface area (Å²) in [7, 11) is -3.86. The second-order valence-corrected chi connectivity index (χ2v) is 6.63. The van der Waals surface area contributed by atoms with Gasteiger partial charge in [-0.1, -0.05) is 12.1 Å². The third-order valence-electron chi connectivity index (χ3n) is 2.65. The lowest BCUT2D eigenvalue weighted by atomic mass is 10.2. The SMILES string of the molecule is Cc1cccc(NS(=O)(=O)c2ccc([N+](=O)[O-])nc2)c1Br. The van der Waals surface area contributed by atoms with Crippen LogP contribution in [0, 0.1) is 17.0 Å². The molecule has 0 atom stereocenters. The first kappa shape index (κ1) is 15.4. The fourth-order valence-corrected chi connectivity index (χ4v) is 3.08. The van der Waals surface area contributed by atoms with E-state index in [9.17, 15) is 18.5 Å². The normalized spacial score (nSPS) is 11.1. The third kappa shape index (κ3) is 3.37. The maximum atomic E-state index is 12.2. The van der Waals surface area contributed by atoms with Crippen molar-refractivity contribution in [3.05, 3.63) is 56.7 Å². The van der Waals surface area contributed by atoms with Crippen LogP contribution in [0.2, 0.25) is 0 Å². The first-order valence-electron chi connectivity index (χ1n) is 5.69. The zero-order valence-corrected chi connectivity index (χ0v) is 13.2. The van der Waals surface area contributed by atoms with E-state index in [1.807, 2.05) is 13.0 Å². The van der Waals surface area contributed by atoms with Crippen molar-refractivity contribution < 1.29 is 13.3 Å². The number of rotatable bonds is 4. The number of hydrogen-bond donors (Lipinski definition) is 1. The van der Waals surface area contributed by atoms with Gasteiger partial charge in [-0.15, -0.1) is 0 Å². The lowest BCUT2D eigenvalue weighted by Crippen LogP contribution is -2.14. The second kappa shape index (κ2) is 5.78. The number of sulfonamides is 1. The van der Waals surface area contributed by atoms with Crippen molar-refractivity contribution in [2.75, 3.05) is 4.72 Å². The molecule has 0 saturated heterocycles. The Kier molecular flexibility index (Phi) is 4.24. The summed E-state index contributed by atoms with van der Waals surface area (Å²) >= 11 is 3.30. The van der Waals surface area contributed by atoms with Gasteiger partial charge in [0.15, 0.2) is 6.20 Å². The average molecular weight is 372 g/mol.